The largest absolute Gasteiger partial charge is 0.299 e. The first-order valence-electron chi connectivity index (χ1n) is 7.99. The average Bonchev–Trinajstić information content (AvgIpc) is 2.92. The number of hydrogen-bond acceptors (Lipinski definition) is 3. The molecule has 2 aromatic rings. The fraction of sp³-hybridized carbons (Fsp3) is 0.471. The number of aromatic nitrogens is 3. The van der Waals surface area contributed by atoms with E-state index in [0.29, 0.717) is 17.7 Å². The van der Waals surface area contributed by atoms with Crippen LogP contribution < -0.4 is 5.56 Å². The van der Waals surface area contributed by atoms with Gasteiger partial charge in [-0.3, -0.25) is 24.4 Å². The van der Waals surface area contributed by atoms with E-state index in [-0.39, 0.29) is 17.3 Å². The van der Waals surface area contributed by atoms with Crippen LogP contribution >= 0.6 is 0 Å². The number of carbonyl (C=O) groups excluding carboxylic acids is 1. The number of aryl methyl sites for hydroxylation is 1. The van der Waals surface area contributed by atoms with Gasteiger partial charge >= 0.3 is 0 Å². The van der Waals surface area contributed by atoms with Crippen LogP contribution in [0.5, 0.6) is 0 Å². The fourth-order valence-electron chi connectivity index (χ4n) is 3.27. The van der Waals surface area contributed by atoms with Crippen molar-refractivity contribution >= 4 is 5.78 Å². The second kappa shape index (κ2) is 6.30. The van der Waals surface area contributed by atoms with Gasteiger partial charge in [0.2, 0.25) is 5.78 Å². The smallest absolute Gasteiger partial charge is 0.278 e. The lowest BCUT2D eigenvalue weighted by Gasteiger charge is -2.21. The molecule has 5 heteroatoms. The number of rotatable bonds is 4. The summed E-state index contributed by atoms with van der Waals surface area (Å²) in [7, 11) is 0. The van der Waals surface area contributed by atoms with E-state index in [2.05, 4.69) is 10.1 Å². The lowest BCUT2D eigenvalue weighted by atomic mass is 9.84. The molecule has 116 valence electrons. The lowest BCUT2D eigenvalue weighted by molar-refractivity contribution is 0.103. The Balaban J connectivity index is 2.07. The van der Waals surface area contributed by atoms with Crippen molar-refractivity contribution in [3.05, 3.63) is 51.7 Å². The Morgan fingerprint density at radius 2 is 2.14 bits per heavy atom. The minimum atomic E-state index is -0.220. The summed E-state index contributed by atoms with van der Waals surface area (Å²) < 4.78 is 1.54. The van der Waals surface area contributed by atoms with Gasteiger partial charge in [0.05, 0.1) is 5.69 Å². The molecule has 1 N–H and O–H groups in total. The first-order valence-corrected chi connectivity index (χ1v) is 7.99. The Kier molecular flexibility index (Phi) is 4.22. The Bertz CT molecular complexity index is 709. The van der Waals surface area contributed by atoms with Crippen molar-refractivity contribution in [2.24, 2.45) is 0 Å². The molecule has 1 aliphatic rings. The summed E-state index contributed by atoms with van der Waals surface area (Å²) in [5.41, 5.74) is 1.39. The zero-order valence-electron chi connectivity index (χ0n) is 12.8. The molecule has 0 spiro atoms. The zero-order valence-corrected chi connectivity index (χ0v) is 12.8. The molecule has 5 nitrogen and oxygen atoms in total. The predicted molar refractivity (Wildman–Crippen MR) is 84.2 cm³/mol. The Morgan fingerprint density at radius 3 is 2.77 bits per heavy atom. The fourth-order valence-corrected chi connectivity index (χ4v) is 3.27. The molecule has 2 heterocycles. The van der Waals surface area contributed by atoms with Crippen molar-refractivity contribution in [1.29, 1.82) is 0 Å². The predicted octanol–water partition coefficient (Wildman–Crippen LogP) is 2.87. The van der Waals surface area contributed by atoms with E-state index in [9.17, 15) is 9.59 Å². The number of ketones is 1. The summed E-state index contributed by atoms with van der Waals surface area (Å²) in [5, 5.41) is 3.18. The van der Waals surface area contributed by atoms with Gasteiger partial charge < -0.3 is 0 Å². The van der Waals surface area contributed by atoms with Crippen LogP contribution in [0.2, 0.25) is 0 Å². The van der Waals surface area contributed by atoms with E-state index in [1.807, 2.05) is 6.92 Å². The highest BCUT2D eigenvalue weighted by atomic mass is 16.2. The van der Waals surface area contributed by atoms with Crippen molar-refractivity contribution in [3.8, 4) is 0 Å². The van der Waals surface area contributed by atoms with Crippen molar-refractivity contribution in [2.75, 3.05) is 0 Å². The van der Waals surface area contributed by atoms with E-state index in [4.69, 9.17) is 0 Å². The van der Waals surface area contributed by atoms with Crippen LogP contribution in [0.3, 0.4) is 0 Å². The topological polar surface area (TPSA) is 67.8 Å². The molecule has 22 heavy (non-hydrogen) atoms. The molecule has 1 saturated carbocycles. The van der Waals surface area contributed by atoms with Crippen LogP contribution in [0.1, 0.15) is 66.6 Å². The molecule has 0 amide bonds. The van der Waals surface area contributed by atoms with Crippen LogP contribution in [0.15, 0.2) is 29.3 Å². The van der Waals surface area contributed by atoms with Gasteiger partial charge in [0, 0.05) is 30.4 Å². The summed E-state index contributed by atoms with van der Waals surface area (Å²) in [5.74, 6) is 0.0620. The molecule has 2 aromatic heterocycles. The van der Waals surface area contributed by atoms with E-state index in [1.165, 1.54) is 17.3 Å². The van der Waals surface area contributed by atoms with Crippen molar-refractivity contribution in [3.63, 3.8) is 0 Å². The second-order valence-corrected chi connectivity index (χ2v) is 5.86. The maximum Gasteiger partial charge on any atom is 0.278 e. The van der Waals surface area contributed by atoms with Crippen molar-refractivity contribution < 1.29 is 4.79 Å². The van der Waals surface area contributed by atoms with E-state index in [0.717, 1.165) is 31.4 Å². The van der Waals surface area contributed by atoms with Gasteiger partial charge in [-0.1, -0.05) is 19.3 Å². The normalized spacial score (nSPS) is 15.9. The summed E-state index contributed by atoms with van der Waals surface area (Å²) in [4.78, 5) is 29.3. The Hall–Kier alpha value is -2.17. The summed E-state index contributed by atoms with van der Waals surface area (Å²) in [6, 6.07) is 3.43. The third-order valence-corrected chi connectivity index (χ3v) is 4.46. The molecule has 0 aliphatic heterocycles. The minimum Gasteiger partial charge on any atom is -0.299 e. The van der Waals surface area contributed by atoms with Gasteiger partial charge in [0.25, 0.3) is 5.56 Å². The van der Waals surface area contributed by atoms with Crippen molar-refractivity contribution in [1.82, 2.24) is 14.8 Å². The van der Waals surface area contributed by atoms with E-state index >= 15 is 0 Å². The zero-order chi connectivity index (χ0) is 15.5. The summed E-state index contributed by atoms with van der Waals surface area (Å²) in [6.45, 7) is 2.44. The van der Waals surface area contributed by atoms with Crippen LogP contribution in [0.4, 0.5) is 0 Å². The van der Waals surface area contributed by atoms with Gasteiger partial charge in [-0.25, -0.2) is 0 Å². The molecular formula is C17H21N3O2. The van der Waals surface area contributed by atoms with Gasteiger partial charge in [0.1, 0.15) is 5.56 Å². The average molecular weight is 299 g/mol. The lowest BCUT2D eigenvalue weighted by Crippen LogP contribution is -2.22. The molecule has 1 aliphatic carbocycles. The van der Waals surface area contributed by atoms with Gasteiger partial charge in [-0.2, -0.15) is 0 Å². The minimum absolute atomic E-state index is 0.211. The summed E-state index contributed by atoms with van der Waals surface area (Å²) >= 11 is 0. The quantitative estimate of drug-likeness (QED) is 0.883. The first-order chi connectivity index (χ1) is 10.7. The first kappa shape index (κ1) is 14.8. The highest BCUT2D eigenvalue weighted by molar-refractivity contribution is 6.09. The number of nitrogens with zero attached hydrogens (tertiary/aromatic N) is 2. The third kappa shape index (κ3) is 2.63. The van der Waals surface area contributed by atoms with E-state index in [1.54, 1.807) is 18.3 Å². The Labute approximate surface area is 129 Å². The molecule has 0 aromatic carbocycles. The standard InChI is InChI=1S/C17H21N3O2/c1-2-20-17(22)14(16(21)13-9-6-10-18-11-13)15(19-20)12-7-4-3-5-8-12/h6,9-12,19H,2-5,7-8H2,1H3. The SMILES string of the molecule is CCn1[nH]c(C2CCCCC2)c(C(=O)c2cccnc2)c1=O. The molecule has 1 fully saturated rings. The van der Waals surface area contributed by atoms with Crippen LogP contribution in [-0.4, -0.2) is 20.5 Å². The third-order valence-electron chi connectivity index (χ3n) is 4.46. The highest BCUT2D eigenvalue weighted by Gasteiger charge is 2.28. The van der Waals surface area contributed by atoms with Crippen molar-refractivity contribution in [2.45, 2.75) is 51.5 Å². The molecule has 3 rings (SSSR count). The van der Waals surface area contributed by atoms with Gasteiger partial charge in [0.15, 0.2) is 0 Å². The molecule has 0 atom stereocenters. The number of pyridine rings is 1. The summed E-state index contributed by atoms with van der Waals surface area (Å²) in [6.07, 6.45) is 8.78. The molecule has 0 saturated heterocycles. The number of carbonyl (C=O) groups is 1. The highest BCUT2D eigenvalue weighted by Crippen LogP contribution is 2.33. The van der Waals surface area contributed by atoms with Gasteiger partial charge in [-0.05, 0) is 31.9 Å². The van der Waals surface area contributed by atoms with Crippen LogP contribution in [0, 0.1) is 0 Å². The number of hydrogen-bond donors (Lipinski definition) is 1. The molecule has 0 bridgehead atoms. The van der Waals surface area contributed by atoms with E-state index < -0.39 is 0 Å². The molecule has 0 radical (unpaired) electrons. The maximum absolute atomic E-state index is 12.8. The molecular weight excluding hydrogens is 278 g/mol. The Morgan fingerprint density at radius 1 is 1.36 bits per heavy atom. The number of aromatic amines is 1. The second-order valence-electron chi connectivity index (χ2n) is 5.86. The van der Waals surface area contributed by atoms with Crippen LogP contribution in [-0.2, 0) is 6.54 Å². The number of nitrogens with one attached hydrogen (secondary N) is 1. The monoisotopic (exact) mass is 299 g/mol. The van der Waals surface area contributed by atoms with Crippen LogP contribution in [0.25, 0.3) is 0 Å². The molecule has 0 unspecified atom stereocenters. The maximum atomic E-state index is 12.8. The van der Waals surface area contributed by atoms with Gasteiger partial charge in [-0.15, -0.1) is 0 Å². The number of H-pyrrole nitrogens is 1.